The molecule has 0 fully saturated rings. The molecular weight excluding hydrogens is 180 g/mol. The number of benzene rings is 1. The summed E-state index contributed by atoms with van der Waals surface area (Å²) in [5.74, 6) is -1.10. The zero-order valence-corrected chi connectivity index (χ0v) is 8.05. The van der Waals surface area contributed by atoms with Crippen molar-refractivity contribution in [2.24, 2.45) is 0 Å². The highest BCUT2D eigenvalue weighted by Crippen LogP contribution is 2.19. The van der Waals surface area contributed by atoms with Crippen LogP contribution in [0.2, 0.25) is 0 Å². The van der Waals surface area contributed by atoms with E-state index in [4.69, 9.17) is 10.2 Å². The van der Waals surface area contributed by atoms with Crippen LogP contribution >= 0.6 is 0 Å². The smallest absolute Gasteiger partial charge is 0.332 e. The fourth-order valence-electron chi connectivity index (χ4n) is 1.35. The summed E-state index contributed by atoms with van der Waals surface area (Å²) in [7, 11) is 0. The maximum atomic E-state index is 10.4. The summed E-state index contributed by atoms with van der Waals surface area (Å²) < 4.78 is 0. The highest BCUT2D eigenvalue weighted by atomic mass is 16.4. The number of hydrogen-bond donors (Lipinski definition) is 2. The molecule has 0 heterocycles. The zero-order chi connectivity index (χ0) is 10.6. The zero-order valence-electron chi connectivity index (χ0n) is 8.05. The molecule has 1 aromatic carbocycles. The molecule has 1 rings (SSSR count). The van der Waals surface area contributed by atoms with Gasteiger partial charge in [0.25, 0.3) is 0 Å². The lowest BCUT2D eigenvalue weighted by Crippen LogP contribution is -2.21. The molecule has 2 N–H and O–H groups in total. The summed E-state index contributed by atoms with van der Waals surface area (Å²) >= 11 is 0. The third-order valence-electron chi connectivity index (χ3n) is 2.23. The molecule has 0 radical (unpaired) electrons. The van der Waals surface area contributed by atoms with Crippen molar-refractivity contribution in [2.45, 2.75) is 25.4 Å². The second-order valence-electron chi connectivity index (χ2n) is 3.40. The quantitative estimate of drug-likeness (QED) is 0.765. The Balaban J connectivity index is 2.59. The van der Waals surface area contributed by atoms with Gasteiger partial charge in [0, 0.05) is 0 Å². The summed E-state index contributed by atoms with van der Waals surface area (Å²) in [4.78, 5) is 10.4. The van der Waals surface area contributed by atoms with E-state index in [1.54, 1.807) is 0 Å². The average molecular weight is 194 g/mol. The van der Waals surface area contributed by atoms with Gasteiger partial charge < -0.3 is 10.2 Å². The van der Waals surface area contributed by atoms with E-state index in [0.29, 0.717) is 0 Å². The van der Waals surface area contributed by atoms with Crippen molar-refractivity contribution in [3.05, 3.63) is 35.9 Å². The maximum absolute atomic E-state index is 10.4. The molecule has 1 unspecified atom stereocenters. The van der Waals surface area contributed by atoms with Crippen molar-refractivity contribution in [1.29, 1.82) is 0 Å². The Bertz CT molecular complexity index is 295. The monoisotopic (exact) mass is 194 g/mol. The van der Waals surface area contributed by atoms with Crippen LogP contribution in [0.25, 0.3) is 0 Å². The Kier molecular flexibility index (Phi) is 3.65. The molecule has 0 aliphatic rings. The number of carbonyl (C=O) groups is 1. The average Bonchev–Trinajstić information content (AvgIpc) is 2.19. The van der Waals surface area contributed by atoms with Crippen molar-refractivity contribution in [2.75, 3.05) is 0 Å². The number of hydrogen-bond acceptors (Lipinski definition) is 2. The topological polar surface area (TPSA) is 57.5 Å². The molecule has 2 atom stereocenters. The number of rotatable bonds is 4. The van der Waals surface area contributed by atoms with E-state index in [1.165, 1.54) is 0 Å². The Morgan fingerprint density at radius 3 is 2.43 bits per heavy atom. The van der Waals surface area contributed by atoms with Crippen LogP contribution in [0.4, 0.5) is 0 Å². The number of aliphatic hydroxyl groups excluding tert-OH is 1. The van der Waals surface area contributed by atoms with Gasteiger partial charge in [0.2, 0.25) is 0 Å². The van der Waals surface area contributed by atoms with Crippen molar-refractivity contribution in [3.8, 4) is 0 Å². The van der Waals surface area contributed by atoms with Gasteiger partial charge in [0.1, 0.15) is 0 Å². The van der Waals surface area contributed by atoms with E-state index < -0.39 is 12.1 Å². The fraction of sp³-hybridized carbons (Fsp3) is 0.364. The van der Waals surface area contributed by atoms with Gasteiger partial charge in [-0.15, -0.1) is 0 Å². The van der Waals surface area contributed by atoms with E-state index >= 15 is 0 Å². The molecule has 3 nitrogen and oxygen atoms in total. The molecule has 0 spiro atoms. The van der Waals surface area contributed by atoms with Gasteiger partial charge in [-0.1, -0.05) is 37.3 Å². The Hall–Kier alpha value is -1.35. The molecule has 76 valence electrons. The largest absolute Gasteiger partial charge is 0.479 e. The van der Waals surface area contributed by atoms with Gasteiger partial charge in [0.05, 0.1) is 0 Å². The van der Waals surface area contributed by atoms with Crippen LogP contribution in [0.3, 0.4) is 0 Å². The predicted molar refractivity (Wildman–Crippen MR) is 53.1 cm³/mol. The van der Waals surface area contributed by atoms with Gasteiger partial charge in [-0.2, -0.15) is 0 Å². The maximum Gasteiger partial charge on any atom is 0.332 e. The molecule has 0 aliphatic carbocycles. The highest BCUT2D eigenvalue weighted by Gasteiger charge is 2.17. The first kappa shape index (κ1) is 10.7. The third-order valence-corrected chi connectivity index (χ3v) is 2.23. The molecule has 0 bridgehead atoms. The summed E-state index contributed by atoms with van der Waals surface area (Å²) in [6, 6.07) is 9.57. The van der Waals surface area contributed by atoms with Crippen LogP contribution in [-0.4, -0.2) is 22.3 Å². The van der Waals surface area contributed by atoms with Crippen LogP contribution in [0, 0.1) is 0 Å². The molecule has 0 aromatic heterocycles. The Morgan fingerprint density at radius 2 is 1.93 bits per heavy atom. The lowest BCUT2D eigenvalue weighted by Gasteiger charge is -2.13. The number of aliphatic carboxylic acids is 1. The van der Waals surface area contributed by atoms with Crippen LogP contribution in [0.15, 0.2) is 30.3 Å². The van der Waals surface area contributed by atoms with Gasteiger partial charge >= 0.3 is 5.97 Å². The first-order valence-electron chi connectivity index (χ1n) is 4.57. The molecule has 1 aromatic rings. The molecular formula is C11H14O3. The van der Waals surface area contributed by atoms with Gasteiger partial charge in [-0.25, -0.2) is 4.79 Å². The lowest BCUT2D eigenvalue weighted by molar-refractivity contribution is -0.147. The van der Waals surface area contributed by atoms with Crippen molar-refractivity contribution < 1.29 is 15.0 Å². The highest BCUT2D eigenvalue weighted by molar-refractivity contribution is 5.71. The molecule has 3 heteroatoms. The fourth-order valence-corrected chi connectivity index (χ4v) is 1.35. The summed E-state index contributed by atoms with van der Waals surface area (Å²) in [6.07, 6.45) is -1.02. The number of aliphatic hydroxyl groups is 1. The first-order chi connectivity index (χ1) is 6.61. The van der Waals surface area contributed by atoms with E-state index in [2.05, 4.69) is 0 Å². The van der Waals surface area contributed by atoms with Gasteiger partial charge in [0.15, 0.2) is 6.10 Å². The molecule has 14 heavy (non-hydrogen) atoms. The SMILES string of the molecule is CC(C[C@@H](O)C(=O)O)c1ccccc1. The number of carboxylic acids is 1. The summed E-state index contributed by atoms with van der Waals surface area (Å²) in [5, 5.41) is 17.7. The van der Waals surface area contributed by atoms with E-state index in [0.717, 1.165) is 5.56 Å². The Morgan fingerprint density at radius 1 is 1.36 bits per heavy atom. The normalized spacial score (nSPS) is 14.7. The molecule has 0 saturated heterocycles. The Labute approximate surface area is 83.0 Å². The van der Waals surface area contributed by atoms with E-state index in [9.17, 15) is 4.79 Å². The van der Waals surface area contributed by atoms with Crippen LogP contribution in [-0.2, 0) is 4.79 Å². The number of carboxylic acid groups (broad SMARTS) is 1. The third kappa shape index (κ3) is 2.85. The first-order valence-corrected chi connectivity index (χ1v) is 4.57. The second kappa shape index (κ2) is 4.77. The van der Waals surface area contributed by atoms with E-state index in [1.807, 2.05) is 37.3 Å². The molecule has 0 amide bonds. The van der Waals surface area contributed by atoms with E-state index in [-0.39, 0.29) is 12.3 Å². The molecule has 0 aliphatic heterocycles. The summed E-state index contributed by atoms with van der Waals surface area (Å²) in [5.41, 5.74) is 1.05. The van der Waals surface area contributed by atoms with Crippen molar-refractivity contribution in [1.82, 2.24) is 0 Å². The van der Waals surface area contributed by atoms with Crippen molar-refractivity contribution in [3.63, 3.8) is 0 Å². The van der Waals surface area contributed by atoms with Gasteiger partial charge in [-0.05, 0) is 17.9 Å². The molecule has 0 saturated carbocycles. The van der Waals surface area contributed by atoms with Crippen LogP contribution in [0.1, 0.15) is 24.8 Å². The minimum Gasteiger partial charge on any atom is -0.479 e. The standard InChI is InChI=1S/C11H14O3/c1-8(7-10(12)11(13)14)9-5-3-2-4-6-9/h2-6,8,10,12H,7H2,1H3,(H,13,14)/t8?,10-/m1/s1. The van der Waals surface area contributed by atoms with Crippen molar-refractivity contribution >= 4 is 5.97 Å². The van der Waals surface area contributed by atoms with Gasteiger partial charge in [-0.3, -0.25) is 0 Å². The minimum atomic E-state index is -1.27. The second-order valence-corrected chi connectivity index (χ2v) is 3.40. The summed E-state index contributed by atoms with van der Waals surface area (Å²) in [6.45, 7) is 1.90. The van der Waals surface area contributed by atoms with Crippen LogP contribution in [0.5, 0.6) is 0 Å². The predicted octanol–water partition coefficient (Wildman–Crippen LogP) is 1.63. The minimum absolute atomic E-state index is 0.0577. The van der Waals surface area contributed by atoms with Crippen LogP contribution < -0.4 is 0 Å². The lowest BCUT2D eigenvalue weighted by atomic mass is 9.95.